The number of hydrogen-bond donors (Lipinski definition) is 2. The highest BCUT2D eigenvalue weighted by Gasteiger charge is 2.33. The van der Waals surface area contributed by atoms with E-state index >= 15 is 0 Å². The van der Waals surface area contributed by atoms with E-state index in [1.807, 2.05) is 0 Å². The molecule has 0 saturated heterocycles. The molecule has 1 amide bonds. The van der Waals surface area contributed by atoms with Crippen molar-refractivity contribution in [3.05, 3.63) is 23.4 Å². The summed E-state index contributed by atoms with van der Waals surface area (Å²) in [5, 5.41) is 2.93. The first-order valence-corrected chi connectivity index (χ1v) is 6.01. The van der Waals surface area contributed by atoms with Crippen LogP contribution in [0.1, 0.15) is 22.5 Å². The second-order valence-electron chi connectivity index (χ2n) is 4.31. The third-order valence-corrected chi connectivity index (χ3v) is 2.71. The van der Waals surface area contributed by atoms with Crippen LogP contribution in [0.2, 0.25) is 0 Å². The first-order chi connectivity index (χ1) is 9.27. The Balaban J connectivity index is 3.08. The molecule has 20 heavy (non-hydrogen) atoms. The van der Waals surface area contributed by atoms with Crippen LogP contribution in [0.25, 0.3) is 0 Å². The molecule has 8 heteroatoms. The molecular weight excluding hydrogens is 273 g/mol. The van der Waals surface area contributed by atoms with Gasteiger partial charge in [0.05, 0.1) is 5.56 Å². The largest absolute Gasteiger partial charge is 0.433 e. The summed E-state index contributed by atoms with van der Waals surface area (Å²) in [5.41, 5.74) is 4.10. The molecule has 0 fully saturated rings. The van der Waals surface area contributed by atoms with Gasteiger partial charge >= 0.3 is 6.18 Å². The minimum absolute atomic E-state index is 0.0232. The summed E-state index contributed by atoms with van der Waals surface area (Å²) in [6.07, 6.45) is -3.86. The van der Waals surface area contributed by atoms with Gasteiger partial charge in [-0.05, 0) is 32.1 Å². The van der Waals surface area contributed by atoms with Gasteiger partial charge in [-0.2, -0.15) is 13.2 Å². The van der Waals surface area contributed by atoms with E-state index in [0.29, 0.717) is 19.5 Å². The molecule has 0 atom stereocenters. The van der Waals surface area contributed by atoms with Crippen LogP contribution in [0.5, 0.6) is 0 Å². The van der Waals surface area contributed by atoms with Crippen LogP contribution in [0.4, 0.5) is 19.0 Å². The Kier molecular flexibility index (Phi) is 5.32. The Labute approximate surface area is 115 Å². The summed E-state index contributed by atoms with van der Waals surface area (Å²) in [7, 11) is 3.35. The van der Waals surface area contributed by atoms with Crippen molar-refractivity contribution in [2.45, 2.75) is 12.6 Å². The lowest BCUT2D eigenvalue weighted by atomic mass is 10.2. The highest BCUT2D eigenvalue weighted by molar-refractivity contribution is 5.97. The zero-order valence-corrected chi connectivity index (χ0v) is 11.3. The molecule has 1 aromatic heterocycles. The van der Waals surface area contributed by atoms with Crippen LogP contribution >= 0.6 is 0 Å². The lowest BCUT2D eigenvalue weighted by Crippen LogP contribution is -2.27. The average Bonchev–Trinajstić information content (AvgIpc) is 2.37. The second kappa shape index (κ2) is 6.56. The first-order valence-electron chi connectivity index (χ1n) is 6.01. The number of pyridine rings is 1. The minimum atomic E-state index is -4.56. The second-order valence-corrected chi connectivity index (χ2v) is 4.31. The van der Waals surface area contributed by atoms with Crippen molar-refractivity contribution in [3.8, 4) is 0 Å². The molecule has 0 radical (unpaired) electrons. The molecule has 3 N–H and O–H groups in total. The Morgan fingerprint density at radius 1 is 1.45 bits per heavy atom. The highest BCUT2D eigenvalue weighted by atomic mass is 19.4. The van der Waals surface area contributed by atoms with Crippen LogP contribution in [0.3, 0.4) is 0 Å². The molecule has 0 aromatic carbocycles. The van der Waals surface area contributed by atoms with Crippen molar-refractivity contribution < 1.29 is 18.0 Å². The molecule has 1 aromatic rings. The van der Waals surface area contributed by atoms with Gasteiger partial charge < -0.3 is 16.0 Å². The van der Waals surface area contributed by atoms with E-state index in [-0.39, 0.29) is 11.4 Å². The standard InChI is InChI=1S/C12H17F3N4O/c1-17-6-3-7-19(2)11-8(10(16)20)4-5-9(18-11)12(13,14)15/h4-5,17H,3,6-7H2,1-2H3,(H2,16,20). The van der Waals surface area contributed by atoms with Crippen LogP contribution in [-0.4, -0.2) is 38.1 Å². The summed E-state index contributed by atoms with van der Waals surface area (Å²) < 4.78 is 38.0. The van der Waals surface area contributed by atoms with E-state index in [0.717, 1.165) is 12.1 Å². The van der Waals surface area contributed by atoms with E-state index in [1.165, 1.54) is 4.90 Å². The summed E-state index contributed by atoms with van der Waals surface area (Å²) in [6.45, 7) is 1.16. The van der Waals surface area contributed by atoms with Gasteiger partial charge in [0.25, 0.3) is 5.91 Å². The number of nitrogens with one attached hydrogen (secondary N) is 1. The molecule has 0 spiro atoms. The van der Waals surface area contributed by atoms with Crippen LogP contribution < -0.4 is 16.0 Å². The SMILES string of the molecule is CNCCCN(C)c1nc(C(F)(F)F)ccc1C(N)=O. The van der Waals surface area contributed by atoms with Crippen LogP contribution in [-0.2, 0) is 6.18 Å². The maximum Gasteiger partial charge on any atom is 0.433 e. The molecule has 0 aliphatic rings. The lowest BCUT2D eigenvalue weighted by Gasteiger charge is -2.21. The molecule has 1 heterocycles. The summed E-state index contributed by atoms with van der Waals surface area (Å²) in [6, 6.07) is 1.81. The van der Waals surface area contributed by atoms with E-state index < -0.39 is 17.8 Å². The number of primary amides is 1. The third-order valence-electron chi connectivity index (χ3n) is 2.71. The molecule has 0 aliphatic carbocycles. The molecule has 112 valence electrons. The number of amides is 1. The van der Waals surface area contributed by atoms with Gasteiger partial charge in [0, 0.05) is 13.6 Å². The van der Waals surface area contributed by atoms with Gasteiger partial charge in [-0.3, -0.25) is 4.79 Å². The quantitative estimate of drug-likeness (QED) is 0.773. The van der Waals surface area contributed by atoms with Gasteiger partial charge in [-0.1, -0.05) is 0 Å². The van der Waals surface area contributed by atoms with E-state index in [9.17, 15) is 18.0 Å². The van der Waals surface area contributed by atoms with Crippen molar-refractivity contribution in [3.63, 3.8) is 0 Å². The molecule has 1 rings (SSSR count). The fraction of sp³-hybridized carbons (Fsp3) is 0.500. The molecule has 5 nitrogen and oxygen atoms in total. The number of hydrogen-bond acceptors (Lipinski definition) is 4. The Morgan fingerprint density at radius 3 is 2.60 bits per heavy atom. The summed E-state index contributed by atoms with van der Waals surface area (Å²) in [4.78, 5) is 16.3. The Hall–Kier alpha value is -1.83. The predicted octanol–water partition coefficient (Wildman–Crippen LogP) is 1.25. The smallest absolute Gasteiger partial charge is 0.365 e. The number of nitrogens with two attached hydrogens (primary N) is 1. The molecule has 0 bridgehead atoms. The number of rotatable bonds is 6. The number of carbonyl (C=O) groups is 1. The number of carbonyl (C=O) groups excluding carboxylic acids is 1. The first kappa shape index (κ1) is 16.2. The summed E-state index contributed by atoms with van der Waals surface area (Å²) in [5.74, 6) is -0.856. The van der Waals surface area contributed by atoms with Gasteiger partial charge in [0.1, 0.15) is 11.5 Å². The maximum atomic E-state index is 12.7. The Bertz CT molecular complexity index is 476. The topological polar surface area (TPSA) is 71.2 Å². The van der Waals surface area contributed by atoms with Crippen molar-refractivity contribution in [2.24, 2.45) is 5.73 Å². The van der Waals surface area contributed by atoms with E-state index in [4.69, 9.17) is 5.73 Å². The lowest BCUT2D eigenvalue weighted by molar-refractivity contribution is -0.141. The molecule has 0 unspecified atom stereocenters. The maximum absolute atomic E-state index is 12.7. The third kappa shape index (κ3) is 4.09. The van der Waals surface area contributed by atoms with E-state index in [2.05, 4.69) is 10.3 Å². The Morgan fingerprint density at radius 2 is 2.10 bits per heavy atom. The van der Waals surface area contributed by atoms with Gasteiger partial charge in [-0.25, -0.2) is 4.98 Å². The molecule has 0 saturated carbocycles. The fourth-order valence-electron chi connectivity index (χ4n) is 1.69. The number of aromatic nitrogens is 1. The van der Waals surface area contributed by atoms with Crippen molar-refractivity contribution in [2.75, 3.05) is 32.1 Å². The number of nitrogens with zero attached hydrogens (tertiary/aromatic N) is 2. The molecule has 0 aliphatic heterocycles. The zero-order valence-electron chi connectivity index (χ0n) is 11.3. The van der Waals surface area contributed by atoms with Gasteiger partial charge in [0.2, 0.25) is 0 Å². The average molecular weight is 290 g/mol. The zero-order chi connectivity index (χ0) is 15.3. The number of anilines is 1. The fourth-order valence-corrected chi connectivity index (χ4v) is 1.69. The van der Waals surface area contributed by atoms with Gasteiger partial charge in [-0.15, -0.1) is 0 Å². The van der Waals surface area contributed by atoms with Crippen molar-refractivity contribution >= 4 is 11.7 Å². The van der Waals surface area contributed by atoms with E-state index in [1.54, 1.807) is 14.1 Å². The van der Waals surface area contributed by atoms with Crippen LogP contribution in [0, 0.1) is 0 Å². The van der Waals surface area contributed by atoms with Gasteiger partial charge in [0.15, 0.2) is 0 Å². The number of halogens is 3. The predicted molar refractivity (Wildman–Crippen MR) is 69.6 cm³/mol. The minimum Gasteiger partial charge on any atom is -0.365 e. The number of alkyl halides is 3. The van der Waals surface area contributed by atoms with Crippen LogP contribution in [0.15, 0.2) is 12.1 Å². The highest BCUT2D eigenvalue weighted by Crippen LogP contribution is 2.30. The van der Waals surface area contributed by atoms with Crippen molar-refractivity contribution in [1.82, 2.24) is 10.3 Å². The molecular formula is C12H17F3N4O. The van der Waals surface area contributed by atoms with Crippen molar-refractivity contribution in [1.29, 1.82) is 0 Å². The normalized spacial score (nSPS) is 11.4. The summed E-state index contributed by atoms with van der Waals surface area (Å²) >= 11 is 0. The monoisotopic (exact) mass is 290 g/mol.